The van der Waals surface area contributed by atoms with Crippen LogP contribution in [-0.4, -0.2) is 9.83 Å². The topological polar surface area (TPSA) is 20.3 Å². The highest BCUT2D eigenvalue weighted by Gasteiger charge is 2.26. The van der Waals surface area contributed by atoms with Gasteiger partial charge in [-0.3, -0.25) is 7.91 Å². The van der Waals surface area contributed by atoms with Crippen molar-refractivity contribution in [3.05, 3.63) is 29.8 Å². The summed E-state index contributed by atoms with van der Waals surface area (Å²) in [5.74, 6) is 0.205. The number of halogens is 2. The Bertz CT molecular complexity index is 367. The second-order valence-electron chi connectivity index (χ2n) is 3.25. The molecule has 0 aliphatic carbocycles. The molecule has 1 amide bonds. The van der Waals surface area contributed by atoms with Gasteiger partial charge in [0.25, 0.3) is 0 Å². The standard InChI is InChI=1S/C10H9I2NO/c11-8-6-5-7-3-1-2-4-9(7)13(12)10(8)14/h1-4,8H,5-6H2. The van der Waals surface area contributed by atoms with Crippen LogP contribution in [0.3, 0.4) is 0 Å². The molecule has 0 saturated carbocycles. The van der Waals surface area contributed by atoms with E-state index in [4.69, 9.17) is 0 Å². The van der Waals surface area contributed by atoms with Gasteiger partial charge in [-0.15, -0.1) is 0 Å². The fourth-order valence-electron chi connectivity index (χ4n) is 1.56. The van der Waals surface area contributed by atoms with Crippen molar-refractivity contribution >= 4 is 57.1 Å². The average Bonchev–Trinajstić information content (AvgIpc) is 2.32. The highest BCUT2D eigenvalue weighted by Crippen LogP contribution is 2.31. The summed E-state index contributed by atoms with van der Waals surface area (Å²) in [6.07, 6.45) is 1.94. The van der Waals surface area contributed by atoms with E-state index in [1.54, 1.807) is 3.11 Å². The zero-order valence-corrected chi connectivity index (χ0v) is 11.7. The first-order valence-corrected chi connectivity index (χ1v) is 6.63. The Balaban J connectivity index is 2.45. The van der Waals surface area contributed by atoms with Crippen molar-refractivity contribution in [3.63, 3.8) is 0 Å². The summed E-state index contributed by atoms with van der Waals surface area (Å²) in [7, 11) is 0. The lowest BCUT2D eigenvalue weighted by Gasteiger charge is -2.15. The van der Waals surface area contributed by atoms with Crippen LogP contribution in [0, 0.1) is 0 Å². The fourth-order valence-corrected chi connectivity index (χ4v) is 3.49. The molecule has 2 rings (SSSR count). The van der Waals surface area contributed by atoms with Crippen molar-refractivity contribution in [2.24, 2.45) is 0 Å². The quantitative estimate of drug-likeness (QED) is 0.364. The Morgan fingerprint density at radius 1 is 1.36 bits per heavy atom. The van der Waals surface area contributed by atoms with Gasteiger partial charge in [-0.1, -0.05) is 40.8 Å². The maximum atomic E-state index is 11.8. The fraction of sp³-hybridized carbons (Fsp3) is 0.300. The van der Waals surface area contributed by atoms with Crippen LogP contribution in [0.1, 0.15) is 12.0 Å². The lowest BCUT2D eigenvalue weighted by molar-refractivity contribution is -0.116. The molecule has 0 saturated heterocycles. The molecule has 14 heavy (non-hydrogen) atoms. The van der Waals surface area contributed by atoms with Crippen LogP contribution in [0.25, 0.3) is 0 Å². The summed E-state index contributed by atoms with van der Waals surface area (Å²) in [5.41, 5.74) is 2.33. The van der Waals surface area contributed by atoms with Crippen molar-refractivity contribution in [1.82, 2.24) is 0 Å². The minimum atomic E-state index is 0.108. The second-order valence-corrected chi connectivity index (χ2v) is 5.72. The number of benzene rings is 1. The second kappa shape index (κ2) is 4.34. The summed E-state index contributed by atoms with van der Waals surface area (Å²) in [6, 6.07) is 8.11. The number of fused-ring (bicyclic) bond motifs is 1. The van der Waals surface area contributed by atoms with Crippen molar-refractivity contribution in [1.29, 1.82) is 0 Å². The molecular formula is C10H9I2NO. The summed E-state index contributed by atoms with van der Waals surface area (Å²) >= 11 is 4.32. The molecule has 1 unspecified atom stereocenters. The van der Waals surface area contributed by atoms with Crippen molar-refractivity contribution in [2.45, 2.75) is 16.8 Å². The third kappa shape index (κ3) is 1.91. The lowest BCUT2D eigenvalue weighted by Crippen LogP contribution is -2.26. The molecule has 1 aliphatic heterocycles. The molecule has 0 N–H and O–H groups in total. The van der Waals surface area contributed by atoms with Gasteiger partial charge in [-0.25, -0.2) is 0 Å². The van der Waals surface area contributed by atoms with Crippen molar-refractivity contribution in [2.75, 3.05) is 3.11 Å². The van der Waals surface area contributed by atoms with E-state index in [2.05, 4.69) is 51.5 Å². The third-order valence-corrected chi connectivity index (χ3v) is 4.48. The van der Waals surface area contributed by atoms with Gasteiger partial charge in [0.1, 0.15) is 0 Å². The molecule has 1 atom stereocenters. The Hall–Kier alpha value is 0.150. The number of para-hydroxylation sites is 1. The zero-order chi connectivity index (χ0) is 10.1. The van der Waals surface area contributed by atoms with Gasteiger partial charge in [0.15, 0.2) is 0 Å². The Kier molecular flexibility index (Phi) is 3.30. The maximum Gasteiger partial charge on any atom is 0.248 e. The third-order valence-electron chi connectivity index (χ3n) is 2.33. The van der Waals surface area contributed by atoms with Gasteiger partial charge in [0.05, 0.1) is 32.5 Å². The predicted octanol–water partition coefficient (Wildman–Crippen LogP) is 3.12. The Labute approximate surface area is 111 Å². The smallest absolute Gasteiger partial charge is 0.248 e. The molecule has 0 fully saturated rings. The molecule has 0 spiro atoms. The highest BCUT2D eigenvalue weighted by molar-refractivity contribution is 14.1. The van der Waals surface area contributed by atoms with Crippen molar-refractivity contribution in [3.8, 4) is 0 Å². The molecule has 0 radical (unpaired) electrons. The molecule has 0 aromatic heterocycles. The zero-order valence-electron chi connectivity index (χ0n) is 7.41. The largest absolute Gasteiger partial charge is 0.273 e. The molecule has 4 heteroatoms. The number of anilines is 1. The van der Waals surface area contributed by atoms with E-state index in [-0.39, 0.29) is 9.83 Å². The number of carbonyl (C=O) groups excluding carboxylic acids is 1. The molecular weight excluding hydrogens is 404 g/mol. The number of aryl methyl sites for hydroxylation is 1. The monoisotopic (exact) mass is 413 g/mol. The van der Waals surface area contributed by atoms with Gasteiger partial charge in [0, 0.05) is 0 Å². The number of rotatable bonds is 0. The maximum absolute atomic E-state index is 11.8. The van der Waals surface area contributed by atoms with Gasteiger partial charge in [-0.05, 0) is 24.5 Å². The van der Waals surface area contributed by atoms with Crippen LogP contribution < -0.4 is 3.11 Å². The van der Waals surface area contributed by atoms with E-state index < -0.39 is 0 Å². The molecule has 1 aliphatic rings. The van der Waals surface area contributed by atoms with Crippen molar-refractivity contribution < 1.29 is 4.79 Å². The number of nitrogens with zero attached hydrogens (tertiary/aromatic N) is 1. The van der Waals surface area contributed by atoms with Gasteiger partial charge in [0.2, 0.25) is 5.91 Å². The first kappa shape index (κ1) is 10.7. The molecule has 1 aromatic rings. The van der Waals surface area contributed by atoms with E-state index in [1.807, 2.05) is 18.2 Å². The summed E-state index contributed by atoms with van der Waals surface area (Å²) in [6.45, 7) is 0. The van der Waals surface area contributed by atoms with Gasteiger partial charge in [-0.2, -0.15) is 0 Å². The highest BCUT2D eigenvalue weighted by atomic mass is 127. The first-order valence-electron chi connectivity index (χ1n) is 4.42. The Morgan fingerprint density at radius 2 is 2.07 bits per heavy atom. The van der Waals surface area contributed by atoms with E-state index in [0.29, 0.717) is 0 Å². The summed E-state index contributed by atoms with van der Waals surface area (Å²) < 4.78 is 1.86. The van der Waals surface area contributed by atoms with E-state index in [0.717, 1.165) is 18.5 Å². The van der Waals surface area contributed by atoms with Crippen LogP contribution in [0.2, 0.25) is 0 Å². The molecule has 1 aromatic carbocycles. The van der Waals surface area contributed by atoms with E-state index >= 15 is 0 Å². The molecule has 2 nitrogen and oxygen atoms in total. The molecule has 1 heterocycles. The molecule has 0 bridgehead atoms. The number of hydrogen-bond donors (Lipinski definition) is 0. The van der Waals surface area contributed by atoms with Crippen LogP contribution >= 0.6 is 45.5 Å². The van der Waals surface area contributed by atoms with E-state index in [1.165, 1.54) is 5.56 Å². The van der Waals surface area contributed by atoms with Gasteiger partial charge < -0.3 is 0 Å². The predicted molar refractivity (Wildman–Crippen MR) is 74.1 cm³/mol. The number of alkyl halides is 1. The number of hydrogen-bond acceptors (Lipinski definition) is 1. The lowest BCUT2D eigenvalue weighted by atomic mass is 10.1. The van der Waals surface area contributed by atoms with Crippen LogP contribution in [0.4, 0.5) is 5.69 Å². The summed E-state index contributed by atoms with van der Waals surface area (Å²) in [4.78, 5) is 11.8. The van der Waals surface area contributed by atoms with Crippen LogP contribution in [-0.2, 0) is 11.2 Å². The Morgan fingerprint density at radius 3 is 2.86 bits per heavy atom. The normalized spacial score (nSPS) is 21.7. The van der Waals surface area contributed by atoms with E-state index in [9.17, 15) is 4.79 Å². The SMILES string of the molecule is O=C1C(I)CCc2ccccc2N1I. The minimum Gasteiger partial charge on any atom is -0.273 e. The minimum absolute atomic E-state index is 0.108. The first-order chi connectivity index (χ1) is 6.70. The number of carbonyl (C=O) groups is 1. The van der Waals surface area contributed by atoms with Crippen LogP contribution in [0.5, 0.6) is 0 Å². The number of amides is 1. The van der Waals surface area contributed by atoms with Gasteiger partial charge >= 0.3 is 0 Å². The molecule has 74 valence electrons. The average molecular weight is 413 g/mol. The van der Waals surface area contributed by atoms with Crippen LogP contribution in [0.15, 0.2) is 24.3 Å². The summed E-state index contributed by atoms with van der Waals surface area (Å²) in [5, 5.41) is 0.